The zero-order valence-electron chi connectivity index (χ0n) is 14.3. The summed E-state index contributed by atoms with van der Waals surface area (Å²) < 4.78 is 0. The highest BCUT2D eigenvalue weighted by atomic mass is 16.2. The molecule has 6 heteroatoms. The van der Waals surface area contributed by atoms with Gasteiger partial charge in [0.1, 0.15) is 0 Å². The van der Waals surface area contributed by atoms with E-state index in [0.717, 1.165) is 12.8 Å². The average molecular weight is 331 g/mol. The lowest BCUT2D eigenvalue weighted by Crippen LogP contribution is -2.24. The highest BCUT2D eigenvalue weighted by Crippen LogP contribution is 2.28. The van der Waals surface area contributed by atoms with E-state index in [9.17, 15) is 14.4 Å². The second-order valence-corrected chi connectivity index (χ2v) is 4.64. The number of terminal acetylenes is 3. The lowest BCUT2D eigenvalue weighted by atomic mass is 10.4. The van der Waals surface area contributed by atoms with Crippen LogP contribution in [0.15, 0.2) is 0 Å². The molecule has 1 saturated carbocycles. The third-order valence-corrected chi connectivity index (χ3v) is 2.46. The Kier molecular flexibility index (Phi) is 16.0. The molecule has 3 N–H and O–H groups in total. The molecule has 0 spiro atoms. The molecular formula is C18H25N3O3. The zero-order valence-corrected chi connectivity index (χ0v) is 14.3. The van der Waals surface area contributed by atoms with Gasteiger partial charge >= 0.3 is 0 Å². The molecular weight excluding hydrogens is 306 g/mol. The molecule has 0 aromatic heterocycles. The summed E-state index contributed by atoms with van der Waals surface area (Å²) in [5.41, 5.74) is 0. The summed E-state index contributed by atoms with van der Waals surface area (Å²) in [6.45, 7) is 4.25. The van der Waals surface area contributed by atoms with Gasteiger partial charge in [-0.05, 0) is 12.8 Å². The molecule has 0 radical (unpaired) electrons. The molecule has 1 aliphatic carbocycles. The lowest BCUT2D eigenvalue weighted by Gasteiger charge is -1.95. The number of nitrogens with one attached hydrogen (secondary N) is 3. The number of amides is 3. The molecule has 1 aliphatic rings. The van der Waals surface area contributed by atoms with E-state index in [-0.39, 0.29) is 23.6 Å². The van der Waals surface area contributed by atoms with E-state index in [4.69, 9.17) is 19.3 Å². The van der Waals surface area contributed by atoms with E-state index in [0.29, 0.717) is 26.1 Å². The Bertz CT molecular complexity index is 517. The van der Waals surface area contributed by atoms with E-state index in [1.54, 1.807) is 6.92 Å². The summed E-state index contributed by atoms with van der Waals surface area (Å²) in [7, 11) is 0. The summed E-state index contributed by atoms with van der Waals surface area (Å²) in [5.74, 6) is 7.23. The first kappa shape index (κ1) is 23.4. The minimum atomic E-state index is -0.0852. The van der Waals surface area contributed by atoms with Gasteiger partial charge < -0.3 is 16.0 Å². The SMILES string of the molecule is C#CCNC(=O)C1CC1.C#CCNC(=O)CC.C#CCNC(C)=O. The summed E-state index contributed by atoms with van der Waals surface area (Å²) in [6, 6.07) is 0. The predicted molar refractivity (Wildman–Crippen MR) is 94.2 cm³/mol. The fourth-order valence-electron chi connectivity index (χ4n) is 1.08. The van der Waals surface area contributed by atoms with Crippen LogP contribution in [0.1, 0.15) is 33.1 Å². The third kappa shape index (κ3) is 19.1. The first-order chi connectivity index (χ1) is 11.4. The Hall–Kier alpha value is -2.91. The second kappa shape index (κ2) is 16.5. The monoisotopic (exact) mass is 331 g/mol. The second-order valence-electron chi connectivity index (χ2n) is 4.64. The molecule has 130 valence electrons. The highest BCUT2D eigenvalue weighted by molar-refractivity contribution is 5.81. The van der Waals surface area contributed by atoms with Crippen molar-refractivity contribution in [2.45, 2.75) is 33.1 Å². The van der Waals surface area contributed by atoms with Gasteiger partial charge in [0.05, 0.1) is 19.6 Å². The van der Waals surface area contributed by atoms with Gasteiger partial charge in [-0.25, -0.2) is 0 Å². The van der Waals surface area contributed by atoms with Gasteiger partial charge in [-0.1, -0.05) is 24.7 Å². The molecule has 0 atom stereocenters. The normalized spacial score (nSPS) is 10.6. The van der Waals surface area contributed by atoms with Gasteiger partial charge in [0.15, 0.2) is 0 Å². The van der Waals surface area contributed by atoms with Crippen LogP contribution in [0.5, 0.6) is 0 Å². The summed E-state index contributed by atoms with van der Waals surface area (Å²) in [4.78, 5) is 31.1. The zero-order chi connectivity index (χ0) is 18.8. The van der Waals surface area contributed by atoms with Crippen LogP contribution in [-0.2, 0) is 14.4 Å². The molecule has 0 bridgehead atoms. The Morgan fingerprint density at radius 2 is 1.38 bits per heavy atom. The molecule has 1 fully saturated rings. The Morgan fingerprint density at radius 1 is 0.917 bits per heavy atom. The van der Waals surface area contributed by atoms with Crippen molar-refractivity contribution in [3.8, 4) is 37.0 Å². The van der Waals surface area contributed by atoms with Crippen LogP contribution in [0.2, 0.25) is 0 Å². The molecule has 0 aromatic rings. The van der Waals surface area contributed by atoms with Gasteiger partial charge in [0, 0.05) is 19.3 Å². The fourth-order valence-corrected chi connectivity index (χ4v) is 1.08. The molecule has 0 aromatic carbocycles. The van der Waals surface area contributed by atoms with Gasteiger partial charge in [-0.3, -0.25) is 14.4 Å². The highest BCUT2D eigenvalue weighted by Gasteiger charge is 2.28. The fraction of sp³-hybridized carbons (Fsp3) is 0.500. The number of rotatable bonds is 5. The standard InChI is InChI=1S/C7H9NO.C6H9NO.C5H7NO/c1-2-5-8-7(9)6-3-4-6;1-3-5-7-6(8)4-2;1-3-4-6-5(2)7/h1,6H,3-5H2,(H,8,9);1H,4-5H2,2H3,(H,7,8);1H,4H2,2H3,(H,6,7). The van der Waals surface area contributed by atoms with Crippen molar-refractivity contribution in [3.05, 3.63) is 0 Å². The van der Waals surface area contributed by atoms with Crippen molar-refractivity contribution < 1.29 is 14.4 Å². The molecule has 0 aliphatic heterocycles. The summed E-state index contributed by atoms with van der Waals surface area (Å²) in [5, 5.41) is 7.55. The van der Waals surface area contributed by atoms with E-state index in [2.05, 4.69) is 33.7 Å². The number of hydrogen-bond acceptors (Lipinski definition) is 3. The predicted octanol–water partition coefficient (Wildman–Crippen LogP) is 0.0473. The minimum absolute atomic E-state index is 0.00273. The number of carbonyl (C=O) groups excluding carboxylic acids is 3. The van der Waals surface area contributed by atoms with Crippen LogP contribution in [0, 0.1) is 42.9 Å². The molecule has 0 saturated heterocycles. The molecule has 3 amide bonds. The topological polar surface area (TPSA) is 87.3 Å². The van der Waals surface area contributed by atoms with Crippen LogP contribution >= 0.6 is 0 Å². The van der Waals surface area contributed by atoms with E-state index >= 15 is 0 Å². The summed E-state index contributed by atoms with van der Waals surface area (Å²) >= 11 is 0. The quantitative estimate of drug-likeness (QED) is 0.622. The first-order valence-electron chi connectivity index (χ1n) is 7.52. The van der Waals surface area contributed by atoms with Gasteiger partial charge in [0.25, 0.3) is 0 Å². The Morgan fingerprint density at radius 3 is 1.71 bits per heavy atom. The molecule has 24 heavy (non-hydrogen) atoms. The molecule has 6 nitrogen and oxygen atoms in total. The van der Waals surface area contributed by atoms with E-state index in [1.807, 2.05) is 0 Å². The number of hydrogen-bond donors (Lipinski definition) is 3. The molecule has 0 heterocycles. The van der Waals surface area contributed by atoms with Gasteiger partial charge in [-0.15, -0.1) is 19.3 Å². The van der Waals surface area contributed by atoms with Crippen molar-refractivity contribution in [2.24, 2.45) is 5.92 Å². The maximum absolute atomic E-state index is 10.8. The van der Waals surface area contributed by atoms with Crippen molar-refractivity contribution in [2.75, 3.05) is 19.6 Å². The van der Waals surface area contributed by atoms with Crippen LogP contribution in [-0.4, -0.2) is 37.4 Å². The maximum atomic E-state index is 10.8. The molecule has 1 rings (SSSR count). The van der Waals surface area contributed by atoms with Crippen LogP contribution in [0.3, 0.4) is 0 Å². The lowest BCUT2D eigenvalue weighted by molar-refractivity contribution is -0.122. The van der Waals surface area contributed by atoms with Crippen molar-refractivity contribution >= 4 is 17.7 Å². The molecule has 0 unspecified atom stereocenters. The van der Waals surface area contributed by atoms with E-state index < -0.39 is 0 Å². The van der Waals surface area contributed by atoms with Crippen LogP contribution in [0.4, 0.5) is 0 Å². The smallest absolute Gasteiger partial charge is 0.223 e. The number of carbonyl (C=O) groups is 3. The third-order valence-electron chi connectivity index (χ3n) is 2.46. The van der Waals surface area contributed by atoms with Gasteiger partial charge in [0.2, 0.25) is 17.7 Å². The van der Waals surface area contributed by atoms with E-state index in [1.165, 1.54) is 6.92 Å². The average Bonchev–Trinajstić information content (AvgIpc) is 3.41. The van der Waals surface area contributed by atoms with Crippen LogP contribution in [0.25, 0.3) is 0 Å². The summed E-state index contributed by atoms with van der Waals surface area (Å²) in [6.07, 6.45) is 17.2. The minimum Gasteiger partial charge on any atom is -0.345 e. The van der Waals surface area contributed by atoms with Crippen LogP contribution < -0.4 is 16.0 Å². The maximum Gasteiger partial charge on any atom is 0.223 e. The Labute approximate surface area is 144 Å². The van der Waals surface area contributed by atoms with Crippen molar-refractivity contribution in [3.63, 3.8) is 0 Å². The van der Waals surface area contributed by atoms with Crippen molar-refractivity contribution in [1.29, 1.82) is 0 Å². The van der Waals surface area contributed by atoms with Crippen molar-refractivity contribution in [1.82, 2.24) is 16.0 Å². The largest absolute Gasteiger partial charge is 0.345 e. The Balaban J connectivity index is 0. The first-order valence-corrected chi connectivity index (χ1v) is 7.52. The van der Waals surface area contributed by atoms with Gasteiger partial charge in [-0.2, -0.15) is 0 Å².